The normalized spacial score (nSPS) is 33.6. The zero-order valence-electron chi connectivity index (χ0n) is 11.7. The largest absolute Gasteiger partial charge is 0.303 e. The molecule has 1 heteroatoms. The first kappa shape index (κ1) is 12.2. The molecule has 1 saturated heterocycles. The Morgan fingerprint density at radius 2 is 1.94 bits per heavy atom. The van der Waals surface area contributed by atoms with Crippen molar-refractivity contribution in [3.05, 3.63) is 35.9 Å². The molecular formula is C17H25N. The minimum absolute atomic E-state index is 0.376. The fourth-order valence-electron chi connectivity index (χ4n) is 3.40. The predicted octanol–water partition coefficient (Wildman–Crippen LogP) is 3.70. The van der Waals surface area contributed by atoms with Crippen LogP contribution in [0.3, 0.4) is 0 Å². The van der Waals surface area contributed by atoms with E-state index in [0.29, 0.717) is 5.41 Å². The lowest BCUT2D eigenvalue weighted by Gasteiger charge is -2.45. The van der Waals surface area contributed by atoms with Gasteiger partial charge in [0.25, 0.3) is 0 Å². The average molecular weight is 243 g/mol. The molecule has 0 N–H and O–H groups in total. The van der Waals surface area contributed by atoms with Crippen LogP contribution in [0.15, 0.2) is 30.3 Å². The predicted molar refractivity (Wildman–Crippen MR) is 76.7 cm³/mol. The van der Waals surface area contributed by atoms with E-state index in [2.05, 4.69) is 49.1 Å². The maximum Gasteiger partial charge on any atom is 0.00156 e. The first-order valence-electron chi connectivity index (χ1n) is 7.46. The fourth-order valence-corrected chi connectivity index (χ4v) is 3.40. The monoisotopic (exact) mass is 243 g/mol. The van der Waals surface area contributed by atoms with Crippen molar-refractivity contribution in [2.24, 2.45) is 11.8 Å². The zero-order chi connectivity index (χ0) is 12.6. The van der Waals surface area contributed by atoms with Crippen molar-refractivity contribution in [2.45, 2.75) is 38.5 Å². The standard InChI is InChI=1S/C17H25N/c1-14-12-18(13-15-8-9-15)11-10-17(14,2)16-6-4-3-5-7-16/h3-7,14-15H,8-13H2,1-2H3. The van der Waals surface area contributed by atoms with Crippen molar-refractivity contribution in [1.82, 2.24) is 4.90 Å². The van der Waals surface area contributed by atoms with E-state index in [0.717, 1.165) is 11.8 Å². The van der Waals surface area contributed by atoms with Gasteiger partial charge in [-0.05, 0) is 48.6 Å². The van der Waals surface area contributed by atoms with Gasteiger partial charge in [-0.2, -0.15) is 0 Å². The number of likely N-dealkylation sites (tertiary alicyclic amines) is 1. The molecule has 1 heterocycles. The molecule has 0 amide bonds. The Morgan fingerprint density at radius 1 is 1.22 bits per heavy atom. The van der Waals surface area contributed by atoms with E-state index in [4.69, 9.17) is 0 Å². The first-order valence-corrected chi connectivity index (χ1v) is 7.46. The molecule has 1 aliphatic heterocycles. The Bertz CT molecular complexity index is 395. The van der Waals surface area contributed by atoms with Crippen LogP contribution in [-0.2, 0) is 5.41 Å². The van der Waals surface area contributed by atoms with Crippen molar-refractivity contribution in [2.75, 3.05) is 19.6 Å². The van der Waals surface area contributed by atoms with E-state index in [1.807, 2.05) is 0 Å². The lowest BCUT2D eigenvalue weighted by Crippen LogP contribution is -2.47. The quantitative estimate of drug-likeness (QED) is 0.782. The summed E-state index contributed by atoms with van der Waals surface area (Å²) in [7, 11) is 0. The molecule has 0 bridgehead atoms. The van der Waals surface area contributed by atoms with Crippen molar-refractivity contribution in [3.8, 4) is 0 Å². The van der Waals surface area contributed by atoms with Crippen LogP contribution in [0.1, 0.15) is 38.7 Å². The second-order valence-electron chi connectivity index (χ2n) is 6.64. The number of hydrogen-bond acceptors (Lipinski definition) is 1. The third kappa shape index (κ3) is 2.33. The first-order chi connectivity index (χ1) is 8.68. The molecule has 1 aromatic carbocycles. The number of benzene rings is 1. The maximum atomic E-state index is 2.70. The highest BCUT2D eigenvalue weighted by molar-refractivity contribution is 5.26. The number of rotatable bonds is 3. The summed E-state index contributed by atoms with van der Waals surface area (Å²) >= 11 is 0. The molecule has 1 aromatic rings. The third-order valence-electron chi connectivity index (χ3n) is 5.21. The summed E-state index contributed by atoms with van der Waals surface area (Å²) in [6.07, 6.45) is 4.26. The van der Waals surface area contributed by atoms with E-state index < -0.39 is 0 Å². The Hall–Kier alpha value is -0.820. The highest BCUT2D eigenvalue weighted by atomic mass is 15.1. The van der Waals surface area contributed by atoms with Gasteiger partial charge in [0.2, 0.25) is 0 Å². The molecule has 2 atom stereocenters. The van der Waals surface area contributed by atoms with Crippen LogP contribution in [0.5, 0.6) is 0 Å². The van der Waals surface area contributed by atoms with Crippen LogP contribution in [0.2, 0.25) is 0 Å². The lowest BCUT2D eigenvalue weighted by molar-refractivity contribution is 0.107. The van der Waals surface area contributed by atoms with Gasteiger partial charge in [0, 0.05) is 13.1 Å². The topological polar surface area (TPSA) is 3.24 Å². The van der Waals surface area contributed by atoms with Crippen molar-refractivity contribution >= 4 is 0 Å². The summed E-state index contributed by atoms with van der Waals surface area (Å²) in [5.41, 5.74) is 1.91. The number of nitrogens with zero attached hydrogens (tertiary/aromatic N) is 1. The van der Waals surface area contributed by atoms with Crippen LogP contribution < -0.4 is 0 Å². The van der Waals surface area contributed by atoms with Crippen molar-refractivity contribution in [3.63, 3.8) is 0 Å². The molecule has 1 saturated carbocycles. The molecule has 2 unspecified atom stereocenters. The molecule has 1 nitrogen and oxygen atoms in total. The molecule has 0 radical (unpaired) electrons. The van der Waals surface area contributed by atoms with Crippen molar-refractivity contribution < 1.29 is 0 Å². The van der Waals surface area contributed by atoms with Gasteiger partial charge in [0.15, 0.2) is 0 Å². The summed E-state index contributed by atoms with van der Waals surface area (Å²) < 4.78 is 0. The van der Waals surface area contributed by atoms with E-state index in [9.17, 15) is 0 Å². The van der Waals surface area contributed by atoms with Gasteiger partial charge < -0.3 is 4.90 Å². The van der Waals surface area contributed by atoms with Crippen LogP contribution in [-0.4, -0.2) is 24.5 Å². The Kier molecular flexibility index (Phi) is 3.19. The number of hydrogen-bond donors (Lipinski definition) is 0. The Labute approximate surface area is 111 Å². The minimum atomic E-state index is 0.376. The zero-order valence-corrected chi connectivity index (χ0v) is 11.7. The van der Waals surface area contributed by atoms with Crippen molar-refractivity contribution in [1.29, 1.82) is 0 Å². The molecule has 0 aromatic heterocycles. The summed E-state index contributed by atoms with van der Waals surface area (Å²) in [5, 5.41) is 0. The van der Waals surface area contributed by atoms with Gasteiger partial charge in [-0.25, -0.2) is 0 Å². The number of piperidine rings is 1. The SMILES string of the molecule is CC1CN(CC2CC2)CCC1(C)c1ccccc1. The van der Waals surface area contributed by atoms with Gasteiger partial charge in [-0.3, -0.25) is 0 Å². The van der Waals surface area contributed by atoms with Crippen LogP contribution in [0, 0.1) is 11.8 Å². The average Bonchev–Trinajstić information content (AvgIpc) is 3.19. The Morgan fingerprint density at radius 3 is 2.56 bits per heavy atom. The third-order valence-corrected chi connectivity index (χ3v) is 5.21. The smallest absolute Gasteiger partial charge is 0.00156 e. The molecule has 2 aliphatic rings. The molecular weight excluding hydrogens is 218 g/mol. The minimum Gasteiger partial charge on any atom is -0.303 e. The molecule has 2 fully saturated rings. The van der Waals surface area contributed by atoms with E-state index in [-0.39, 0.29) is 0 Å². The van der Waals surface area contributed by atoms with Gasteiger partial charge in [0.1, 0.15) is 0 Å². The summed E-state index contributed by atoms with van der Waals surface area (Å²) in [4.78, 5) is 2.70. The molecule has 3 rings (SSSR count). The highest BCUT2D eigenvalue weighted by Crippen LogP contribution is 2.40. The second kappa shape index (κ2) is 4.70. The fraction of sp³-hybridized carbons (Fsp3) is 0.647. The van der Waals surface area contributed by atoms with Gasteiger partial charge in [-0.1, -0.05) is 44.2 Å². The molecule has 1 aliphatic carbocycles. The summed E-state index contributed by atoms with van der Waals surface area (Å²) in [6, 6.07) is 11.1. The molecule has 0 spiro atoms. The van der Waals surface area contributed by atoms with Crippen LogP contribution in [0.25, 0.3) is 0 Å². The summed E-state index contributed by atoms with van der Waals surface area (Å²) in [5.74, 6) is 1.78. The molecule has 18 heavy (non-hydrogen) atoms. The maximum absolute atomic E-state index is 2.70. The van der Waals surface area contributed by atoms with Gasteiger partial charge >= 0.3 is 0 Å². The van der Waals surface area contributed by atoms with Gasteiger partial charge in [0.05, 0.1) is 0 Å². The van der Waals surface area contributed by atoms with E-state index in [1.165, 1.54) is 44.5 Å². The second-order valence-corrected chi connectivity index (χ2v) is 6.64. The summed E-state index contributed by atoms with van der Waals surface area (Å²) in [6.45, 7) is 8.82. The highest BCUT2D eigenvalue weighted by Gasteiger charge is 2.38. The van der Waals surface area contributed by atoms with Crippen LogP contribution in [0.4, 0.5) is 0 Å². The Balaban J connectivity index is 1.70. The van der Waals surface area contributed by atoms with E-state index >= 15 is 0 Å². The van der Waals surface area contributed by atoms with E-state index in [1.54, 1.807) is 0 Å². The molecule has 98 valence electrons. The van der Waals surface area contributed by atoms with Gasteiger partial charge in [-0.15, -0.1) is 0 Å². The van der Waals surface area contributed by atoms with Crippen LogP contribution >= 0.6 is 0 Å². The lowest BCUT2D eigenvalue weighted by atomic mass is 9.68.